The topological polar surface area (TPSA) is 84.4 Å². The molecule has 2 unspecified atom stereocenters. The van der Waals surface area contributed by atoms with Gasteiger partial charge in [0, 0.05) is 29.4 Å². The van der Waals surface area contributed by atoms with Crippen molar-refractivity contribution in [2.24, 2.45) is 0 Å². The van der Waals surface area contributed by atoms with Crippen LogP contribution in [-0.4, -0.2) is 60.6 Å². The largest absolute Gasteiger partial charge is 0.409 e. The maximum atomic E-state index is 16.6. The second-order valence-electron chi connectivity index (χ2n) is 13.4. The van der Waals surface area contributed by atoms with E-state index in [4.69, 9.17) is 37.2 Å². The second-order valence-corrected chi connectivity index (χ2v) is 19.0. The fourth-order valence-corrected chi connectivity index (χ4v) is 7.31. The quantitative estimate of drug-likeness (QED) is 0.128. The van der Waals surface area contributed by atoms with Gasteiger partial charge in [0.25, 0.3) is 5.91 Å². The number of pyridine rings is 1. The van der Waals surface area contributed by atoms with Crippen LogP contribution in [0.15, 0.2) is 54.7 Å². The summed E-state index contributed by atoms with van der Waals surface area (Å²) in [6.45, 7) is 11.0. The summed E-state index contributed by atoms with van der Waals surface area (Å²) in [6, 6.07) is 13.0. The van der Waals surface area contributed by atoms with E-state index in [1.54, 1.807) is 36.4 Å². The second kappa shape index (κ2) is 12.3. The van der Waals surface area contributed by atoms with Crippen LogP contribution in [0.2, 0.25) is 28.2 Å². The molecule has 1 fully saturated rings. The molecular weight excluding hydrogens is 636 g/mol. The van der Waals surface area contributed by atoms with Crippen molar-refractivity contribution in [2.75, 3.05) is 20.8 Å². The van der Waals surface area contributed by atoms with Gasteiger partial charge < -0.3 is 14.3 Å². The Morgan fingerprint density at radius 2 is 1.76 bits per heavy atom. The van der Waals surface area contributed by atoms with Crippen LogP contribution in [0.4, 0.5) is 4.39 Å². The normalized spacial score (nSPS) is 20.1. The number of hydroxylamine groups is 2. The first kappa shape index (κ1) is 33.9. The molecule has 0 bridgehead atoms. The number of benzene rings is 2. The predicted molar refractivity (Wildman–Crippen MR) is 174 cm³/mol. The van der Waals surface area contributed by atoms with Gasteiger partial charge in [-0.15, -0.1) is 0 Å². The Morgan fingerprint density at radius 1 is 1.11 bits per heavy atom. The summed E-state index contributed by atoms with van der Waals surface area (Å²) < 4.78 is 30.4. The molecule has 1 saturated carbocycles. The number of nitrogens with zero attached hydrogens (tertiary/aromatic N) is 3. The summed E-state index contributed by atoms with van der Waals surface area (Å²) in [6.07, 6.45) is 1.74. The summed E-state index contributed by atoms with van der Waals surface area (Å²) in [5.74, 6) is -1.20. The highest BCUT2D eigenvalue weighted by atomic mass is 35.5. The summed E-state index contributed by atoms with van der Waals surface area (Å²) in [5, 5.41) is 12.9. The number of carbonyl (C=O) groups excluding carboxylic acids is 1. The Labute approximate surface area is 275 Å². The predicted octanol–water partition coefficient (Wildman–Crippen LogP) is 7.44. The number of hydrogen-bond acceptors (Lipinski definition) is 7. The van der Waals surface area contributed by atoms with Gasteiger partial charge in [-0.1, -0.05) is 56.1 Å². The summed E-state index contributed by atoms with van der Waals surface area (Å²) >= 11 is 12.4. The lowest BCUT2D eigenvalue weighted by Gasteiger charge is -2.43. The van der Waals surface area contributed by atoms with Crippen LogP contribution in [0.1, 0.15) is 72.6 Å². The first-order valence-corrected chi connectivity index (χ1v) is 18.5. The molecule has 1 amide bonds. The van der Waals surface area contributed by atoms with Gasteiger partial charge in [-0.2, -0.15) is 5.06 Å². The SMILES string of the molecule is CON(C)C(O)c1cc(F)c2c(c1)C(=O)N(Cc1ccc(Cl)cn1)C2(OCC1(O[Si](C)(C)C(C)(C)C)CC1)c1ccc(Cl)cc1. The molecule has 1 aliphatic carbocycles. The van der Waals surface area contributed by atoms with Crippen molar-refractivity contribution < 1.29 is 28.3 Å². The molecule has 0 saturated heterocycles. The van der Waals surface area contributed by atoms with Crippen LogP contribution >= 0.6 is 23.2 Å². The molecule has 2 heterocycles. The lowest BCUT2D eigenvalue weighted by molar-refractivity contribution is -0.206. The molecule has 1 aliphatic heterocycles. The summed E-state index contributed by atoms with van der Waals surface area (Å²) in [5.41, 5.74) is -0.966. The fraction of sp³-hybridized carbons (Fsp3) is 0.455. The standard InChI is InChI=1S/C33H40Cl2FN3O5Si/c1-31(2,3)45(6,7)44-32(14-15-32)20-43-33(22-8-10-23(34)11-9-22)28-26(16-21(17-27(28)36)29(40)38(4)42-5)30(41)39(33)19-25-13-12-24(35)18-37-25/h8-13,16-18,29,40H,14-15,19-20H2,1-7H3. The van der Waals surface area contributed by atoms with E-state index in [1.165, 1.54) is 37.4 Å². The van der Waals surface area contributed by atoms with Crippen LogP contribution in [0.25, 0.3) is 0 Å². The molecule has 2 aromatic carbocycles. The van der Waals surface area contributed by atoms with Crippen molar-refractivity contribution in [1.29, 1.82) is 0 Å². The Balaban J connectivity index is 1.68. The number of carbonyl (C=O) groups is 1. The number of aliphatic hydroxyl groups excluding tert-OH is 1. The minimum absolute atomic E-state index is 0.0152. The average molecular weight is 677 g/mol. The van der Waals surface area contributed by atoms with Crippen molar-refractivity contribution in [3.05, 3.63) is 98.5 Å². The van der Waals surface area contributed by atoms with Crippen LogP contribution in [0, 0.1) is 5.82 Å². The van der Waals surface area contributed by atoms with Crippen LogP contribution < -0.4 is 0 Å². The van der Waals surface area contributed by atoms with E-state index in [2.05, 4.69) is 38.8 Å². The van der Waals surface area contributed by atoms with E-state index in [9.17, 15) is 9.90 Å². The molecule has 2 aliphatic rings. The van der Waals surface area contributed by atoms with E-state index in [0.717, 1.165) is 17.9 Å². The molecule has 2 atom stereocenters. The maximum Gasteiger partial charge on any atom is 0.257 e. The maximum absolute atomic E-state index is 16.6. The molecule has 8 nitrogen and oxygen atoms in total. The van der Waals surface area contributed by atoms with E-state index in [0.29, 0.717) is 21.3 Å². The van der Waals surface area contributed by atoms with Gasteiger partial charge in [0.2, 0.25) is 0 Å². The number of amides is 1. The highest BCUT2D eigenvalue weighted by Gasteiger charge is 2.58. The summed E-state index contributed by atoms with van der Waals surface area (Å²) in [7, 11) is 0.697. The Morgan fingerprint density at radius 3 is 2.31 bits per heavy atom. The van der Waals surface area contributed by atoms with Crippen molar-refractivity contribution >= 4 is 37.4 Å². The van der Waals surface area contributed by atoms with Gasteiger partial charge in [0.05, 0.1) is 47.7 Å². The van der Waals surface area contributed by atoms with Gasteiger partial charge >= 0.3 is 0 Å². The van der Waals surface area contributed by atoms with E-state index >= 15 is 4.39 Å². The smallest absolute Gasteiger partial charge is 0.257 e. The van der Waals surface area contributed by atoms with Crippen molar-refractivity contribution in [2.45, 2.75) is 75.8 Å². The first-order chi connectivity index (χ1) is 21.0. The van der Waals surface area contributed by atoms with Gasteiger partial charge in [-0.05, 0) is 67.4 Å². The van der Waals surface area contributed by atoms with Gasteiger partial charge in [0.15, 0.2) is 20.3 Å². The summed E-state index contributed by atoms with van der Waals surface area (Å²) in [4.78, 5) is 25.5. The average Bonchev–Trinajstić information content (AvgIpc) is 3.70. The third-order valence-electron chi connectivity index (χ3n) is 9.21. The van der Waals surface area contributed by atoms with E-state index < -0.39 is 37.6 Å². The fourth-order valence-electron chi connectivity index (χ4n) is 5.42. The zero-order valence-electron chi connectivity index (χ0n) is 26.7. The van der Waals surface area contributed by atoms with Crippen LogP contribution in [-0.2, 0) is 26.3 Å². The van der Waals surface area contributed by atoms with Gasteiger partial charge in [-0.25, -0.2) is 4.39 Å². The van der Waals surface area contributed by atoms with Gasteiger partial charge in [0.1, 0.15) is 5.82 Å². The molecule has 0 spiro atoms. The zero-order chi connectivity index (χ0) is 32.9. The molecule has 12 heteroatoms. The minimum Gasteiger partial charge on any atom is -0.409 e. The van der Waals surface area contributed by atoms with E-state index in [1.807, 2.05) is 0 Å². The number of ether oxygens (including phenoxy) is 1. The Hall–Kier alpha value is -2.41. The van der Waals surface area contributed by atoms with Crippen LogP contribution in [0.5, 0.6) is 0 Å². The highest BCUT2D eigenvalue weighted by Crippen LogP contribution is 2.52. The molecule has 3 aromatic rings. The molecule has 1 N–H and O–H groups in total. The molecule has 0 radical (unpaired) electrons. The molecule has 242 valence electrons. The Kier molecular flexibility index (Phi) is 9.29. The van der Waals surface area contributed by atoms with Gasteiger partial charge in [-0.3, -0.25) is 19.5 Å². The number of hydrogen-bond donors (Lipinski definition) is 1. The number of aromatic nitrogens is 1. The van der Waals surface area contributed by atoms with Crippen molar-refractivity contribution in [1.82, 2.24) is 14.9 Å². The third kappa shape index (κ3) is 6.44. The molecular formula is C33H40Cl2FN3O5Si. The molecule has 45 heavy (non-hydrogen) atoms. The number of fused-ring (bicyclic) bond motifs is 1. The highest BCUT2D eigenvalue weighted by molar-refractivity contribution is 6.74. The Bertz CT molecular complexity index is 1560. The third-order valence-corrected chi connectivity index (χ3v) is 14.2. The lowest BCUT2D eigenvalue weighted by atomic mass is 9.91. The number of halogens is 3. The number of rotatable bonds is 11. The lowest BCUT2D eigenvalue weighted by Crippen LogP contribution is -2.50. The van der Waals surface area contributed by atoms with E-state index in [-0.39, 0.29) is 34.9 Å². The number of aliphatic hydroxyl groups is 1. The molecule has 5 rings (SSSR count). The monoisotopic (exact) mass is 675 g/mol. The van der Waals surface area contributed by atoms with Crippen molar-refractivity contribution in [3.8, 4) is 0 Å². The molecule has 1 aromatic heterocycles. The zero-order valence-corrected chi connectivity index (χ0v) is 29.2. The first-order valence-electron chi connectivity index (χ1n) is 14.9. The van der Waals surface area contributed by atoms with Crippen molar-refractivity contribution in [3.63, 3.8) is 0 Å². The van der Waals surface area contributed by atoms with Crippen LogP contribution in [0.3, 0.4) is 0 Å². The minimum atomic E-state index is -2.20.